The van der Waals surface area contributed by atoms with E-state index >= 15 is 0 Å². The lowest BCUT2D eigenvalue weighted by Crippen LogP contribution is -2.34. The molecule has 0 radical (unpaired) electrons. The third-order valence-corrected chi connectivity index (χ3v) is 3.59. The van der Waals surface area contributed by atoms with Crippen LogP contribution >= 0.6 is 11.8 Å². The van der Waals surface area contributed by atoms with Crippen molar-refractivity contribution in [2.24, 2.45) is 5.73 Å². The van der Waals surface area contributed by atoms with Gasteiger partial charge >= 0.3 is 5.51 Å². The highest BCUT2D eigenvalue weighted by molar-refractivity contribution is 8.00. The molecular formula is C13H19F3N2S. The molecule has 0 amide bonds. The monoisotopic (exact) mass is 292 g/mol. The SMILES string of the molecule is CCC(C)NC(CN)c1ccc(SC(F)(F)F)cc1. The summed E-state index contributed by atoms with van der Waals surface area (Å²) < 4.78 is 36.6. The zero-order chi connectivity index (χ0) is 14.5. The fourth-order valence-electron chi connectivity index (χ4n) is 1.66. The van der Waals surface area contributed by atoms with Crippen LogP contribution in [-0.2, 0) is 0 Å². The van der Waals surface area contributed by atoms with Gasteiger partial charge in [0, 0.05) is 23.5 Å². The van der Waals surface area contributed by atoms with Crippen molar-refractivity contribution in [3.63, 3.8) is 0 Å². The Morgan fingerprint density at radius 3 is 2.26 bits per heavy atom. The van der Waals surface area contributed by atoms with E-state index in [1.807, 2.05) is 0 Å². The van der Waals surface area contributed by atoms with Gasteiger partial charge in [-0.2, -0.15) is 13.2 Å². The summed E-state index contributed by atoms with van der Waals surface area (Å²) in [6.07, 6.45) is 0.971. The van der Waals surface area contributed by atoms with Crippen LogP contribution in [0.1, 0.15) is 31.9 Å². The number of nitrogens with one attached hydrogen (secondary N) is 1. The summed E-state index contributed by atoms with van der Waals surface area (Å²) in [7, 11) is 0. The van der Waals surface area contributed by atoms with Crippen LogP contribution in [0.15, 0.2) is 29.2 Å². The Hall–Kier alpha value is -0.720. The summed E-state index contributed by atoms with van der Waals surface area (Å²) in [5.41, 5.74) is 2.37. The molecule has 0 fully saturated rings. The number of hydrogen-bond donors (Lipinski definition) is 2. The van der Waals surface area contributed by atoms with Crippen LogP contribution in [0.4, 0.5) is 13.2 Å². The van der Waals surface area contributed by atoms with E-state index in [2.05, 4.69) is 19.2 Å². The van der Waals surface area contributed by atoms with Crippen LogP contribution < -0.4 is 11.1 Å². The molecule has 1 aromatic carbocycles. The van der Waals surface area contributed by atoms with Crippen LogP contribution in [0.5, 0.6) is 0 Å². The standard InChI is InChI=1S/C13H19F3N2S/c1-3-9(2)18-12(8-17)10-4-6-11(7-5-10)19-13(14,15)16/h4-7,9,12,18H,3,8,17H2,1-2H3. The van der Waals surface area contributed by atoms with Crippen LogP contribution in [0.3, 0.4) is 0 Å². The van der Waals surface area contributed by atoms with Crippen LogP contribution in [-0.4, -0.2) is 18.1 Å². The molecule has 0 saturated carbocycles. The Kier molecular flexibility index (Phi) is 6.16. The molecule has 6 heteroatoms. The maximum Gasteiger partial charge on any atom is 0.446 e. The van der Waals surface area contributed by atoms with E-state index in [1.54, 1.807) is 12.1 Å². The minimum Gasteiger partial charge on any atom is -0.329 e. The largest absolute Gasteiger partial charge is 0.446 e. The van der Waals surface area contributed by atoms with Crippen LogP contribution in [0, 0.1) is 0 Å². The Bertz CT molecular complexity index is 378. The molecule has 2 unspecified atom stereocenters. The highest BCUT2D eigenvalue weighted by Crippen LogP contribution is 2.36. The third kappa shape index (κ3) is 5.84. The highest BCUT2D eigenvalue weighted by Gasteiger charge is 2.29. The predicted molar refractivity (Wildman–Crippen MR) is 73.0 cm³/mol. The van der Waals surface area contributed by atoms with E-state index in [0.29, 0.717) is 12.6 Å². The summed E-state index contributed by atoms with van der Waals surface area (Å²) in [4.78, 5) is 0.190. The van der Waals surface area contributed by atoms with Crippen LogP contribution in [0.2, 0.25) is 0 Å². The van der Waals surface area contributed by atoms with Crippen molar-refractivity contribution < 1.29 is 13.2 Å². The number of nitrogens with two attached hydrogens (primary N) is 1. The smallest absolute Gasteiger partial charge is 0.329 e. The van der Waals surface area contributed by atoms with Gasteiger partial charge < -0.3 is 11.1 Å². The lowest BCUT2D eigenvalue weighted by atomic mass is 10.1. The van der Waals surface area contributed by atoms with Crippen LogP contribution in [0.25, 0.3) is 0 Å². The van der Waals surface area contributed by atoms with Gasteiger partial charge in [0.15, 0.2) is 0 Å². The van der Waals surface area contributed by atoms with Gasteiger partial charge in [-0.05, 0) is 42.8 Å². The molecule has 0 aromatic heterocycles. The predicted octanol–water partition coefficient (Wildman–Crippen LogP) is 3.69. The minimum atomic E-state index is -4.25. The molecule has 1 aromatic rings. The maximum absolute atomic E-state index is 12.2. The normalized spacial score (nSPS) is 15.3. The lowest BCUT2D eigenvalue weighted by Gasteiger charge is -2.22. The number of benzene rings is 1. The average Bonchev–Trinajstić information content (AvgIpc) is 2.35. The minimum absolute atomic E-state index is 0.0279. The first-order chi connectivity index (χ1) is 8.85. The Labute approximate surface area is 115 Å². The molecule has 0 aliphatic heterocycles. The summed E-state index contributed by atoms with van der Waals surface area (Å²) >= 11 is -0.104. The van der Waals surface area contributed by atoms with Crippen molar-refractivity contribution in [1.82, 2.24) is 5.32 Å². The fraction of sp³-hybridized carbons (Fsp3) is 0.538. The number of alkyl halides is 3. The molecule has 19 heavy (non-hydrogen) atoms. The number of rotatable bonds is 6. The van der Waals surface area contributed by atoms with E-state index in [4.69, 9.17) is 5.73 Å². The van der Waals surface area contributed by atoms with Gasteiger partial charge in [-0.15, -0.1) is 0 Å². The molecule has 0 heterocycles. The molecule has 108 valence electrons. The Balaban J connectivity index is 2.73. The van der Waals surface area contributed by atoms with E-state index < -0.39 is 5.51 Å². The average molecular weight is 292 g/mol. The number of hydrogen-bond acceptors (Lipinski definition) is 3. The first kappa shape index (κ1) is 16.3. The second-order valence-corrected chi connectivity index (χ2v) is 5.52. The van der Waals surface area contributed by atoms with E-state index in [9.17, 15) is 13.2 Å². The molecule has 1 rings (SSSR count). The van der Waals surface area contributed by atoms with E-state index in [1.165, 1.54) is 12.1 Å². The Morgan fingerprint density at radius 1 is 1.26 bits per heavy atom. The van der Waals surface area contributed by atoms with Crippen molar-refractivity contribution >= 4 is 11.8 Å². The van der Waals surface area contributed by atoms with Gasteiger partial charge in [0.1, 0.15) is 0 Å². The molecule has 0 bridgehead atoms. The highest BCUT2D eigenvalue weighted by atomic mass is 32.2. The van der Waals surface area contributed by atoms with E-state index in [-0.39, 0.29) is 22.7 Å². The molecule has 3 N–H and O–H groups in total. The molecule has 0 aliphatic carbocycles. The van der Waals surface area contributed by atoms with Gasteiger partial charge in [-0.1, -0.05) is 19.1 Å². The second-order valence-electron chi connectivity index (χ2n) is 4.38. The van der Waals surface area contributed by atoms with Crippen molar-refractivity contribution in [1.29, 1.82) is 0 Å². The summed E-state index contributed by atoms with van der Waals surface area (Å²) in [5, 5.41) is 3.35. The molecule has 0 spiro atoms. The summed E-state index contributed by atoms with van der Waals surface area (Å²) in [6.45, 7) is 4.53. The zero-order valence-electron chi connectivity index (χ0n) is 11.0. The molecular weight excluding hydrogens is 273 g/mol. The fourth-order valence-corrected chi connectivity index (χ4v) is 2.20. The van der Waals surface area contributed by atoms with Gasteiger partial charge in [0.25, 0.3) is 0 Å². The van der Waals surface area contributed by atoms with Gasteiger partial charge in [-0.3, -0.25) is 0 Å². The lowest BCUT2D eigenvalue weighted by molar-refractivity contribution is -0.0328. The molecule has 2 atom stereocenters. The van der Waals surface area contributed by atoms with Gasteiger partial charge in [-0.25, -0.2) is 0 Å². The van der Waals surface area contributed by atoms with Crippen molar-refractivity contribution in [3.05, 3.63) is 29.8 Å². The maximum atomic E-state index is 12.2. The van der Waals surface area contributed by atoms with Gasteiger partial charge in [0.2, 0.25) is 0 Å². The quantitative estimate of drug-likeness (QED) is 0.785. The van der Waals surface area contributed by atoms with Crippen molar-refractivity contribution in [2.45, 2.75) is 42.8 Å². The second kappa shape index (κ2) is 7.17. The molecule has 0 saturated heterocycles. The summed E-state index contributed by atoms with van der Waals surface area (Å²) in [6, 6.07) is 6.64. The molecule has 2 nitrogen and oxygen atoms in total. The first-order valence-electron chi connectivity index (χ1n) is 6.17. The molecule has 0 aliphatic rings. The third-order valence-electron chi connectivity index (χ3n) is 2.85. The van der Waals surface area contributed by atoms with Crippen molar-refractivity contribution in [2.75, 3.05) is 6.54 Å². The van der Waals surface area contributed by atoms with Crippen molar-refractivity contribution in [3.8, 4) is 0 Å². The first-order valence-corrected chi connectivity index (χ1v) is 6.99. The Morgan fingerprint density at radius 2 is 1.84 bits per heavy atom. The van der Waals surface area contributed by atoms with Gasteiger partial charge in [0.05, 0.1) is 0 Å². The number of thioether (sulfide) groups is 1. The van der Waals surface area contributed by atoms with E-state index in [0.717, 1.165) is 12.0 Å². The summed E-state index contributed by atoms with van der Waals surface area (Å²) in [5.74, 6) is 0. The topological polar surface area (TPSA) is 38.0 Å². The number of halogens is 3. The zero-order valence-corrected chi connectivity index (χ0v) is 11.8.